The minimum atomic E-state index is -1.48. The van der Waals surface area contributed by atoms with Crippen LogP contribution in [0.3, 0.4) is 0 Å². The van der Waals surface area contributed by atoms with E-state index >= 15 is 0 Å². The summed E-state index contributed by atoms with van der Waals surface area (Å²) < 4.78 is 11.7. The van der Waals surface area contributed by atoms with Gasteiger partial charge in [0.2, 0.25) is 0 Å². The first kappa shape index (κ1) is 25.5. The Labute approximate surface area is 202 Å². The van der Waals surface area contributed by atoms with Crippen molar-refractivity contribution in [1.29, 1.82) is 0 Å². The van der Waals surface area contributed by atoms with Crippen LogP contribution < -0.4 is 0 Å². The van der Waals surface area contributed by atoms with Gasteiger partial charge >= 0.3 is 0 Å². The van der Waals surface area contributed by atoms with Gasteiger partial charge in [-0.2, -0.15) is 0 Å². The SMILES string of the molecule is OC[C@H]1O[C@H](C#Cc2cc3cc(C#C[C@H]4O[C@H](CO)[C@@H](O)C(O)[C@@H]4O)sc3s2)[C@@H](O)[C@@H](O)[C@@H]1O. The van der Waals surface area contributed by atoms with E-state index in [-0.39, 0.29) is 0 Å². The van der Waals surface area contributed by atoms with Crippen molar-refractivity contribution in [3.8, 4) is 23.7 Å². The molecule has 0 amide bonds. The van der Waals surface area contributed by atoms with Gasteiger partial charge in [0.1, 0.15) is 61.0 Å². The molecule has 2 aliphatic heterocycles. The molecule has 4 rings (SSSR count). The van der Waals surface area contributed by atoms with Crippen molar-refractivity contribution >= 4 is 32.1 Å². The summed E-state index contributed by atoms with van der Waals surface area (Å²) in [6.07, 6.45) is -12.9. The molecule has 0 aliphatic carbocycles. The lowest BCUT2D eigenvalue weighted by atomic mass is 9.95. The van der Waals surface area contributed by atoms with E-state index in [1.807, 2.05) is 12.1 Å². The smallest absolute Gasteiger partial charge is 0.147 e. The molecule has 4 heterocycles. The lowest BCUT2D eigenvalue weighted by Gasteiger charge is -2.37. The minimum absolute atomic E-state index is 0.523. The molecule has 1 unspecified atom stereocenters. The Bertz CT molecular complexity index is 1000. The number of hydrogen-bond acceptors (Lipinski definition) is 12. The van der Waals surface area contributed by atoms with Gasteiger partial charge in [-0.1, -0.05) is 23.7 Å². The van der Waals surface area contributed by atoms with Crippen LogP contribution in [0.1, 0.15) is 9.75 Å². The van der Waals surface area contributed by atoms with E-state index in [2.05, 4.69) is 23.7 Å². The number of hydrogen-bond donors (Lipinski definition) is 8. The maximum absolute atomic E-state index is 10.1. The van der Waals surface area contributed by atoms with Crippen LogP contribution in [0.5, 0.6) is 0 Å². The fourth-order valence-electron chi connectivity index (χ4n) is 3.69. The fraction of sp³-hybridized carbons (Fsp3) is 0.545. The summed E-state index contributed by atoms with van der Waals surface area (Å²) in [4.78, 5) is 1.35. The molecule has 8 N–H and O–H groups in total. The quantitative estimate of drug-likeness (QED) is 0.198. The summed E-state index contributed by atoms with van der Waals surface area (Å²) in [7, 11) is 0. The molecular formula is C22H24O10S2. The van der Waals surface area contributed by atoms with E-state index in [4.69, 9.17) is 9.47 Å². The van der Waals surface area contributed by atoms with Gasteiger partial charge in [-0.05, 0) is 12.1 Å². The van der Waals surface area contributed by atoms with Crippen molar-refractivity contribution in [2.45, 2.75) is 61.0 Å². The molecule has 0 spiro atoms. The number of aliphatic hydroxyl groups is 8. The van der Waals surface area contributed by atoms with E-state index in [1.54, 1.807) is 0 Å². The summed E-state index contributed by atoms with van der Waals surface area (Å²) in [5.41, 5.74) is 0. The fourth-order valence-corrected chi connectivity index (χ4v) is 5.86. The van der Waals surface area contributed by atoms with Crippen LogP contribution in [0.25, 0.3) is 9.40 Å². The lowest BCUT2D eigenvalue weighted by Crippen LogP contribution is -2.58. The van der Waals surface area contributed by atoms with Crippen molar-refractivity contribution in [2.24, 2.45) is 0 Å². The number of aliphatic hydroxyl groups excluding tert-OH is 8. The molecule has 34 heavy (non-hydrogen) atoms. The number of rotatable bonds is 2. The van der Waals surface area contributed by atoms with Crippen molar-refractivity contribution in [2.75, 3.05) is 13.2 Å². The minimum Gasteiger partial charge on any atom is -0.394 e. The third kappa shape index (κ3) is 5.01. The van der Waals surface area contributed by atoms with E-state index in [0.29, 0.717) is 9.75 Å². The molecule has 2 saturated heterocycles. The summed E-state index contributed by atoms with van der Waals surface area (Å²) in [6, 6.07) is 3.62. The van der Waals surface area contributed by atoms with Crippen LogP contribution in [0.2, 0.25) is 0 Å². The first-order chi connectivity index (χ1) is 16.2. The Kier molecular flexibility index (Phi) is 7.91. The van der Waals surface area contributed by atoms with Gasteiger partial charge < -0.3 is 50.3 Å². The maximum atomic E-state index is 10.1. The molecule has 0 saturated carbocycles. The Morgan fingerprint density at radius 2 is 1.06 bits per heavy atom. The summed E-state index contributed by atoms with van der Waals surface area (Å²) in [5.74, 6) is 11.2. The van der Waals surface area contributed by atoms with Crippen molar-refractivity contribution < 1.29 is 50.3 Å². The second-order valence-corrected chi connectivity index (χ2v) is 10.4. The van der Waals surface area contributed by atoms with Gasteiger partial charge in [-0.3, -0.25) is 0 Å². The van der Waals surface area contributed by atoms with Crippen LogP contribution in [0, 0.1) is 23.7 Å². The van der Waals surface area contributed by atoms with E-state index in [1.165, 1.54) is 22.7 Å². The summed E-state index contributed by atoms with van der Waals surface area (Å²) in [5, 5.41) is 79.0. The zero-order valence-corrected chi connectivity index (χ0v) is 19.2. The number of thiophene rings is 2. The highest BCUT2D eigenvalue weighted by Gasteiger charge is 2.43. The molecule has 2 fully saturated rings. The van der Waals surface area contributed by atoms with Gasteiger partial charge in [0.15, 0.2) is 0 Å². The van der Waals surface area contributed by atoms with Gasteiger partial charge in [0.05, 0.1) is 27.0 Å². The van der Waals surface area contributed by atoms with Crippen LogP contribution >= 0.6 is 22.7 Å². The number of fused-ring (bicyclic) bond motifs is 1. The standard InChI is InChI=1S/C22H24O10S2/c23-7-14-18(27)20(29)16(25)12(31-14)3-1-10-5-9-6-11(34-22(9)33-10)2-4-13-17(26)21(30)19(28)15(8-24)32-13/h5-6,12-21,23-30H,7-8H2/t12-,13-,14-,15-,16-,17-,18-,19-,20-,21?/m1/s1. The van der Waals surface area contributed by atoms with Crippen LogP contribution in [0.15, 0.2) is 12.1 Å². The summed E-state index contributed by atoms with van der Waals surface area (Å²) in [6.45, 7) is -1.05. The third-order valence-corrected chi connectivity index (χ3v) is 7.90. The molecule has 10 atom stereocenters. The maximum Gasteiger partial charge on any atom is 0.147 e. The van der Waals surface area contributed by atoms with E-state index in [0.717, 1.165) is 9.40 Å². The molecule has 2 aromatic rings. The van der Waals surface area contributed by atoms with Crippen molar-refractivity contribution in [3.63, 3.8) is 0 Å². The van der Waals surface area contributed by atoms with Gasteiger partial charge in [-0.25, -0.2) is 0 Å². The normalized spacial score (nSPS) is 38.1. The third-order valence-electron chi connectivity index (χ3n) is 5.67. The first-order valence-corrected chi connectivity index (χ1v) is 12.0. The van der Waals surface area contributed by atoms with Gasteiger partial charge in [0, 0.05) is 5.39 Å². The van der Waals surface area contributed by atoms with Crippen LogP contribution in [-0.4, -0.2) is 115 Å². The second-order valence-electron chi connectivity index (χ2n) is 8.00. The second kappa shape index (κ2) is 10.6. The van der Waals surface area contributed by atoms with E-state index < -0.39 is 74.3 Å². The topological polar surface area (TPSA) is 180 Å². The Morgan fingerprint density at radius 1 is 0.647 bits per heavy atom. The van der Waals surface area contributed by atoms with Crippen molar-refractivity contribution in [1.82, 2.24) is 0 Å². The zero-order valence-electron chi connectivity index (χ0n) is 17.6. The highest BCUT2D eigenvalue weighted by molar-refractivity contribution is 7.38. The van der Waals surface area contributed by atoms with Gasteiger partial charge in [0.25, 0.3) is 0 Å². The monoisotopic (exact) mass is 512 g/mol. The van der Waals surface area contributed by atoms with E-state index in [9.17, 15) is 40.9 Å². The average molecular weight is 513 g/mol. The van der Waals surface area contributed by atoms with Gasteiger partial charge in [-0.15, -0.1) is 22.7 Å². The molecule has 0 radical (unpaired) electrons. The first-order valence-electron chi connectivity index (χ1n) is 10.4. The predicted octanol–water partition coefficient (Wildman–Crippen LogP) is -2.65. The molecule has 2 aliphatic rings. The Balaban J connectivity index is 1.47. The molecule has 0 bridgehead atoms. The van der Waals surface area contributed by atoms with Crippen LogP contribution in [0.4, 0.5) is 0 Å². The largest absolute Gasteiger partial charge is 0.394 e. The predicted molar refractivity (Wildman–Crippen MR) is 121 cm³/mol. The molecule has 2 aromatic heterocycles. The highest BCUT2D eigenvalue weighted by atomic mass is 32.2. The molecule has 10 nitrogen and oxygen atoms in total. The average Bonchev–Trinajstić information content (AvgIpc) is 3.38. The molecule has 12 heteroatoms. The Morgan fingerprint density at radius 3 is 1.41 bits per heavy atom. The molecule has 184 valence electrons. The molecular weight excluding hydrogens is 488 g/mol. The number of ether oxygens (including phenoxy) is 2. The zero-order chi connectivity index (χ0) is 24.6. The van der Waals surface area contributed by atoms with Crippen molar-refractivity contribution in [3.05, 3.63) is 21.9 Å². The van der Waals surface area contributed by atoms with Crippen LogP contribution in [-0.2, 0) is 9.47 Å². The molecule has 0 aromatic carbocycles. The summed E-state index contributed by atoms with van der Waals surface area (Å²) >= 11 is 2.75. The lowest BCUT2D eigenvalue weighted by molar-refractivity contribution is -0.214. The highest BCUT2D eigenvalue weighted by Crippen LogP contribution is 2.33. The Hall–Kier alpha value is -1.62.